The van der Waals surface area contributed by atoms with Crippen LogP contribution in [0.2, 0.25) is 0 Å². The summed E-state index contributed by atoms with van der Waals surface area (Å²) in [4.78, 5) is 49.4. The number of benzene rings is 3. The van der Waals surface area contributed by atoms with Gasteiger partial charge in [0.05, 0.1) is 23.9 Å². The molecule has 0 radical (unpaired) electrons. The van der Waals surface area contributed by atoms with Crippen LogP contribution in [0.1, 0.15) is 32.7 Å². The molecule has 0 fully saturated rings. The maximum Gasteiger partial charge on any atom is 0.336 e. The molecule has 5 rings (SSSR count). The molecule has 1 aliphatic rings. The molecule has 10 nitrogen and oxygen atoms in total. The second kappa shape index (κ2) is 11.4. The monoisotopic (exact) mass is 525 g/mol. The van der Waals surface area contributed by atoms with Gasteiger partial charge >= 0.3 is 5.63 Å². The van der Waals surface area contributed by atoms with E-state index in [1.807, 2.05) is 0 Å². The molecule has 10 heteroatoms. The molecule has 0 saturated heterocycles. The zero-order valence-corrected chi connectivity index (χ0v) is 20.7. The highest BCUT2D eigenvalue weighted by Crippen LogP contribution is 2.23. The van der Waals surface area contributed by atoms with Crippen molar-refractivity contribution in [1.82, 2.24) is 10.3 Å². The lowest BCUT2D eigenvalue weighted by Crippen LogP contribution is -2.31. The van der Waals surface area contributed by atoms with E-state index < -0.39 is 11.5 Å². The fourth-order valence-electron chi connectivity index (χ4n) is 4.00. The van der Waals surface area contributed by atoms with E-state index in [0.717, 1.165) is 10.9 Å². The van der Waals surface area contributed by atoms with Crippen molar-refractivity contribution >= 4 is 34.9 Å². The fraction of sp³-hybridized carbons (Fsp3) is 0.138. The van der Waals surface area contributed by atoms with Gasteiger partial charge in [0.2, 0.25) is 0 Å². The highest BCUT2D eigenvalue weighted by atomic mass is 16.5. The van der Waals surface area contributed by atoms with Crippen molar-refractivity contribution in [2.75, 3.05) is 19.8 Å². The standard InChI is InChI=1S/C29H23N3O7/c33-26(18-38-22-12-8-20-9-13-27(34)39-25(20)16-22)31-30-17-19-6-10-21(11-7-19)37-15-3-14-32-28(35)23-4-1-2-5-24(23)29(32)36/h1-2,4-13,16-17H,3,14-15,18H2,(H,31,33)/b30-17+. The third-order valence-electron chi connectivity index (χ3n) is 5.92. The van der Waals surface area contributed by atoms with Crippen LogP contribution < -0.4 is 20.5 Å². The first-order chi connectivity index (χ1) is 19.0. The van der Waals surface area contributed by atoms with Crippen molar-refractivity contribution < 1.29 is 28.3 Å². The van der Waals surface area contributed by atoms with Crippen LogP contribution in [0, 0.1) is 0 Å². The summed E-state index contributed by atoms with van der Waals surface area (Å²) in [5.41, 5.74) is 3.89. The van der Waals surface area contributed by atoms with Crippen LogP contribution >= 0.6 is 0 Å². The fourth-order valence-corrected chi connectivity index (χ4v) is 4.00. The van der Waals surface area contributed by atoms with Crippen LogP contribution in [0.4, 0.5) is 0 Å². The zero-order chi connectivity index (χ0) is 27.2. The maximum absolute atomic E-state index is 12.4. The van der Waals surface area contributed by atoms with Crippen molar-refractivity contribution in [2.45, 2.75) is 6.42 Å². The molecule has 4 aromatic rings. The van der Waals surface area contributed by atoms with E-state index >= 15 is 0 Å². The SMILES string of the molecule is O=C(COc1ccc2ccc(=O)oc2c1)N/N=C/c1ccc(OCCCN2C(=O)c3ccccc3C2=O)cc1. The lowest BCUT2D eigenvalue weighted by atomic mass is 10.1. The molecule has 196 valence electrons. The Bertz CT molecular complexity index is 1590. The number of imide groups is 1. The highest BCUT2D eigenvalue weighted by molar-refractivity contribution is 6.21. The Balaban J connectivity index is 1.03. The number of hydrogen-bond acceptors (Lipinski definition) is 8. The van der Waals surface area contributed by atoms with Crippen LogP contribution in [0.3, 0.4) is 0 Å². The summed E-state index contributed by atoms with van der Waals surface area (Å²) in [6.07, 6.45) is 1.98. The normalized spacial score (nSPS) is 12.7. The van der Waals surface area contributed by atoms with Crippen LogP contribution in [0.25, 0.3) is 11.0 Å². The molecule has 0 unspecified atom stereocenters. The number of carbonyl (C=O) groups excluding carboxylic acids is 3. The first kappa shape index (κ1) is 25.4. The van der Waals surface area contributed by atoms with Crippen molar-refractivity contribution in [3.8, 4) is 11.5 Å². The van der Waals surface area contributed by atoms with Crippen molar-refractivity contribution in [2.24, 2.45) is 5.10 Å². The van der Waals surface area contributed by atoms with Gasteiger partial charge < -0.3 is 13.9 Å². The summed E-state index contributed by atoms with van der Waals surface area (Å²) in [5.74, 6) is -0.00442. The Morgan fingerprint density at radius 1 is 0.872 bits per heavy atom. The second-order valence-corrected chi connectivity index (χ2v) is 8.61. The molecule has 1 N–H and O–H groups in total. The summed E-state index contributed by atoms with van der Waals surface area (Å²) in [7, 11) is 0. The average Bonchev–Trinajstić information content (AvgIpc) is 3.19. The summed E-state index contributed by atoms with van der Waals surface area (Å²) >= 11 is 0. The molecule has 2 heterocycles. The molecule has 0 bridgehead atoms. The molecular formula is C29H23N3O7. The molecular weight excluding hydrogens is 502 g/mol. The molecule has 3 aromatic carbocycles. The number of nitrogens with zero attached hydrogens (tertiary/aromatic N) is 2. The van der Waals surface area contributed by atoms with E-state index in [0.29, 0.717) is 41.2 Å². The molecule has 3 amide bonds. The van der Waals surface area contributed by atoms with Crippen LogP contribution in [0.5, 0.6) is 11.5 Å². The Hall–Kier alpha value is -5.25. The number of nitrogens with one attached hydrogen (secondary N) is 1. The molecule has 0 atom stereocenters. The van der Waals surface area contributed by atoms with Gasteiger partial charge in [0.25, 0.3) is 17.7 Å². The molecule has 1 aromatic heterocycles. The summed E-state index contributed by atoms with van der Waals surface area (Å²) in [6.45, 7) is 0.339. The molecule has 0 aliphatic carbocycles. The summed E-state index contributed by atoms with van der Waals surface area (Å²) < 4.78 is 16.3. The van der Waals surface area contributed by atoms with E-state index in [2.05, 4.69) is 10.5 Å². The van der Waals surface area contributed by atoms with Crippen molar-refractivity contribution in [3.05, 3.63) is 106 Å². The number of hydrogen-bond donors (Lipinski definition) is 1. The Kier molecular flexibility index (Phi) is 7.44. The van der Waals surface area contributed by atoms with E-state index in [9.17, 15) is 19.2 Å². The van der Waals surface area contributed by atoms with E-state index in [-0.39, 0.29) is 25.0 Å². The van der Waals surface area contributed by atoms with Gasteiger partial charge in [-0.05, 0) is 66.6 Å². The first-order valence-electron chi connectivity index (χ1n) is 12.1. The topological polar surface area (TPSA) is 128 Å². The van der Waals surface area contributed by atoms with Gasteiger partial charge in [-0.3, -0.25) is 19.3 Å². The van der Waals surface area contributed by atoms with E-state index in [4.69, 9.17) is 13.9 Å². The lowest BCUT2D eigenvalue weighted by Gasteiger charge is -2.14. The molecule has 0 spiro atoms. The summed E-state index contributed by atoms with van der Waals surface area (Å²) in [5, 5.41) is 4.67. The van der Waals surface area contributed by atoms with Gasteiger partial charge in [-0.15, -0.1) is 0 Å². The van der Waals surface area contributed by atoms with Gasteiger partial charge in [-0.1, -0.05) is 12.1 Å². The van der Waals surface area contributed by atoms with Gasteiger partial charge in [0.1, 0.15) is 17.1 Å². The minimum Gasteiger partial charge on any atom is -0.494 e. The number of hydrazone groups is 1. The molecule has 1 aliphatic heterocycles. The quantitative estimate of drug-likeness (QED) is 0.111. The van der Waals surface area contributed by atoms with Gasteiger partial charge in [0, 0.05) is 24.1 Å². The highest BCUT2D eigenvalue weighted by Gasteiger charge is 2.34. The van der Waals surface area contributed by atoms with Crippen LogP contribution in [0.15, 0.2) is 93.2 Å². The van der Waals surface area contributed by atoms with E-state index in [1.54, 1.807) is 72.8 Å². The number of ether oxygens (including phenoxy) is 2. The van der Waals surface area contributed by atoms with E-state index in [1.165, 1.54) is 17.2 Å². The zero-order valence-electron chi connectivity index (χ0n) is 20.7. The third kappa shape index (κ3) is 6.02. The third-order valence-corrected chi connectivity index (χ3v) is 5.92. The Morgan fingerprint density at radius 3 is 2.31 bits per heavy atom. The number of amides is 3. The predicted octanol–water partition coefficient (Wildman–Crippen LogP) is 3.39. The van der Waals surface area contributed by atoms with Crippen LogP contribution in [-0.4, -0.2) is 48.6 Å². The Labute approximate surface area is 222 Å². The van der Waals surface area contributed by atoms with Gasteiger partial charge in [-0.2, -0.15) is 5.10 Å². The lowest BCUT2D eigenvalue weighted by molar-refractivity contribution is -0.123. The number of rotatable bonds is 10. The largest absolute Gasteiger partial charge is 0.494 e. The van der Waals surface area contributed by atoms with Gasteiger partial charge in [-0.25, -0.2) is 10.2 Å². The predicted molar refractivity (Wildman–Crippen MR) is 142 cm³/mol. The van der Waals surface area contributed by atoms with Gasteiger partial charge in [0.15, 0.2) is 6.61 Å². The Morgan fingerprint density at radius 2 is 1.56 bits per heavy atom. The average molecular weight is 526 g/mol. The second-order valence-electron chi connectivity index (χ2n) is 8.61. The smallest absolute Gasteiger partial charge is 0.336 e. The first-order valence-corrected chi connectivity index (χ1v) is 12.1. The molecule has 39 heavy (non-hydrogen) atoms. The minimum absolute atomic E-state index is 0.270. The number of carbonyl (C=O) groups is 3. The maximum atomic E-state index is 12.4. The minimum atomic E-state index is -0.467. The number of fused-ring (bicyclic) bond motifs is 2. The summed E-state index contributed by atoms with van der Waals surface area (Å²) in [6, 6.07) is 21.8. The van der Waals surface area contributed by atoms with Crippen LogP contribution in [-0.2, 0) is 4.79 Å². The van der Waals surface area contributed by atoms with Crippen molar-refractivity contribution in [1.29, 1.82) is 0 Å². The van der Waals surface area contributed by atoms with Crippen molar-refractivity contribution in [3.63, 3.8) is 0 Å². The molecule has 0 saturated carbocycles.